The smallest absolute Gasteiger partial charge is 0.153 e. The second-order valence-electron chi connectivity index (χ2n) is 11.2. The van der Waals surface area contributed by atoms with Crippen molar-refractivity contribution < 1.29 is 4.42 Å². The Hall–Kier alpha value is -5.93. The van der Waals surface area contributed by atoms with Gasteiger partial charge in [-0.3, -0.25) is 0 Å². The van der Waals surface area contributed by atoms with Crippen LogP contribution in [-0.4, -0.2) is 9.55 Å². The molecule has 3 heteroatoms. The highest BCUT2D eigenvalue weighted by molar-refractivity contribution is 6.09. The highest BCUT2D eigenvalue weighted by atomic mass is 16.3. The summed E-state index contributed by atoms with van der Waals surface area (Å²) in [6, 6.07) is 55.6. The Morgan fingerprint density at radius 3 is 1.75 bits per heavy atom. The SMILES string of the molecule is c1ccc(-c2ccc3oc4ccc(-c5cccc(-c6cccc(-n7c8ccccc8c8ccccc87)c6)c5)cc4c3n2)cc1. The van der Waals surface area contributed by atoms with Gasteiger partial charge in [-0.05, 0) is 76.9 Å². The van der Waals surface area contributed by atoms with Crippen molar-refractivity contribution in [1.82, 2.24) is 9.55 Å². The zero-order valence-electron chi connectivity index (χ0n) is 23.8. The normalized spacial score (nSPS) is 11.6. The summed E-state index contributed by atoms with van der Waals surface area (Å²) < 4.78 is 8.54. The average molecular weight is 563 g/mol. The predicted octanol–water partition coefficient (Wildman–Crippen LogP) is 11.1. The van der Waals surface area contributed by atoms with Crippen LogP contribution in [0, 0.1) is 0 Å². The van der Waals surface area contributed by atoms with Crippen LogP contribution in [-0.2, 0) is 0 Å². The van der Waals surface area contributed by atoms with E-state index in [1.54, 1.807) is 0 Å². The van der Waals surface area contributed by atoms with Gasteiger partial charge in [-0.1, -0.05) is 103 Å². The second-order valence-corrected chi connectivity index (χ2v) is 11.2. The van der Waals surface area contributed by atoms with Crippen LogP contribution in [0.3, 0.4) is 0 Å². The number of fused-ring (bicyclic) bond motifs is 6. The van der Waals surface area contributed by atoms with E-state index in [0.29, 0.717) is 0 Å². The maximum Gasteiger partial charge on any atom is 0.153 e. The van der Waals surface area contributed by atoms with Crippen molar-refractivity contribution in [1.29, 1.82) is 0 Å². The summed E-state index contributed by atoms with van der Waals surface area (Å²) in [6.45, 7) is 0. The van der Waals surface area contributed by atoms with Crippen LogP contribution in [0.15, 0.2) is 162 Å². The molecule has 0 bridgehead atoms. The van der Waals surface area contributed by atoms with Gasteiger partial charge in [-0.15, -0.1) is 0 Å². The Morgan fingerprint density at radius 1 is 0.409 bits per heavy atom. The summed E-state index contributed by atoms with van der Waals surface area (Å²) in [4.78, 5) is 5.01. The van der Waals surface area contributed by atoms with Gasteiger partial charge in [0.2, 0.25) is 0 Å². The van der Waals surface area contributed by atoms with Gasteiger partial charge >= 0.3 is 0 Å². The molecule has 206 valence electrons. The molecule has 6 aromatic carbocycles. The predicted molar refractivity (Wildman–Crippen MR) is 182 cm³/mol. The first-order chi connectivity index (χ1) is 21.8. The van der Waals surface area contributed by atoms with Crippen LogP contribution in [0.4, 0.5) is 0 Å². The van der Waals surface area contributed by atoms with E-state index in [0.717, 1.165) is 50.1 Å². The number of nitrogens with zero attached hydrogens (tertiary/aromatic N) is 2. The van der Waals surface area contributed by atoms with E-state index in [2.05, 4.69) is 132 Å². The Morgan fingerprint density at radius 2 is 1.00 bits per heavy atom. The van der Waals surface area contributed by atoms with Gasteiger partial charge in [0, 0.05) is 27.4 Å². The van der Waals surface area contributed by atoms with Crippen LogP contribution in [0.5, 0.6) is 0 Å². The molecule has 3 nitrogen and oxygen atoms in total. The summed E-state index contributed by atoms with van der Waals surface area (Å²) in [5, 5.41) is 3.56. The van der Waals surface area contributed by atoms with Crippen molar-refractivity contribution in [3.8, 4) is 39.2 Å². The van der Waals surface area contributed by atoms with Crippen LogP contribution in [0.25, 0.3) is 83.1 Å². The largest absolute Gasteiger partial charge is 0.454 e. The van der Waals surface area contributed by atoms with Crippen molar-refractivity contribution in [3.63, 3.8) is 0 Å². The summed E-state index contributed by atoms with van der Waals surface area (Å²) in [6.07, 6.45) is 0. The molecule has 0 atom stereocenters. The van der Waals surface area contributed by atoms with E-state index in [-0.39, 0.29) is 0 Å². The zero-order valence-corrected chi connectivity index (χ0v) is 23.8. The summed E-state index contributed by atoms with van der Waals surface area (Å²) in [5.41, 5.74) is 12.8. The third-order valence-electron chi connectivity index (χ3n) is 8.60. The molecule has 0 unspecified atom stereocenters. The third-order valence-corrected chi connectivity index (χ3v) is 8.60. The molecule has 0 saturated heterocycles. The first-order valence-corrected chi connectivity index (χ1v) is 14.9. The van der Waals surface area contributed by atoms with Crippen molar-refractivity contribution in [2.24, 2.45) is 0 Å². The number of hydrogen-bond donors (Lipinski definition) is 0. The molecule has 44 heavy (non-hydrogen) atoms. The number of benzene rings is 6. The Labute approximate surface area is 254 Å². The van der Waals surface area contributed by atoms with E-state index in [1.807, 2.05) is 30.3 Å². The maximum absolute atomic E-state index is 6.17. The van der Waals surface area contributed by atoms with Gasteiger partial charge in [0.1, 0.15) is 11.1 Å². The van der Waals surface area contributed by atoms with E-state index in [1.165, 1.54) is 32.9 Å². The number of para-hydroxylation sites is 2. The fraction of sp³-hybridized carbons (Fsp3) is 0. The van der Waals surface area contributed by atoms with Crippen LogP contribution < -0.4 is 0 Å². The Bertz CT molecular complexity index is 2450. The maximum atomic E-state index is 6.17. The van der Waals surface area contributed by atoms with Crippen molar-refractivity contribution >= 4 is 43.9 Å². The zero-order chi connectivity index (χ0) is 29.0. The number of aromatic nitrogens is 2. The number of pyridine rings is 1. The lowest BCUT2D eigenvalue weighted by atomic mass is 9.98. The van der Waals surface area contributed by atoms with Crippen molar-refractivity contribution in [3.05, 3.63) is 158 Å². The van der Waals surface area contributed by atoms with Gasteiger partial charge in [-0.2, -0.15) is 0 Å². The molecule has 0 saturated carbocycles. The lowest BCUT2D eigenvalue weighted by Gasteiger charge is -2.11. The molecule has 0 aliphatic rings. The number of hydrogen-bond acceptors (Lipinski definition) is 2. The van der Waals surface area contributed by atoms with E-state index >= 15 is 0 Å². The number of furan rings is 1. The van der Waals surface area contributed by atoms with Crippen molar-refractivity contribution in [2.45, 2.75) is 0 Å². The molecular formula is C41H26N2O. The lowest BCUT2D eigenvalue weighted by Crippen LogP contribution is -1.94. The molecular weight excluding hydrogens is 536 g/mol. The molecule has 0 amide bonds. The summed E-state index contributed by atoms with van der Waals surface area (Å²) >= 11 is 0. The fourth-order valence-electron chi connectivity index (χ4n) is 6.50. The first kappa shape index (κ1) is 24.6. The molecule has 0 aliphatic carbocycles. The molecule has 9 rings (SSSR count). The highest BCUT2D eigenvalue weighted by Crippen LogP contribution is 2.36. The summed E-state index contributed by atoms with van der Waals surface area (Å²) in [7, 11) is 0. The van der Waals surface area contributed by atoms with E-state index in [9.17, 15) is 0 Å². The van der Waals surface area contributed by atoms with Gasteiger partial charge < -0.3 is 8.98 Å². The molecule has 3 heterocycles. The molecule has 3 aromatic heterocycles. The number of rotatable bonds is 4. The fourth-order valence-corrected chi connectivity index (χ4v) is 6.50. The minimum Gasteiger partial charge on any atom is -0.454 e. The van der Waals surface area contributed by atoms with E-state index < -0.39 is 0 Å². The van der Waals surface area contributed by atoms with Crippen LogP contribution in [0.1, 0.15) is 0 Å². The molecule has 0 fully saturated rings. The molecule has 0 aliphatic heterocycles. The molecule has 0 spiro atoms. The van der Waals surface area contributed by atoms with Gasteiger partial charge in [0.05, 0.1) is 16.7 Å². The molecule has 9 aromatic rings. The minimum absolute atomic E-state index is 0.799. The topological polar surface area (TPSA) is 31.0 Å². The van der Waals surface area contributed by atoms with Crippen LogP contribution >= 0.6 is 0 Å². The lowest BCUT2D eigenvalue weighted by molar-refractivity contribution is 0.668. The Kier molecular flexibility index (Phi) is 5.50. The molecule has 0 N–H and O–H groups in total. The quantitative estimate of drug-likeness (QED) is 0.214. The van der Waals surface area contributed by atoms with Gasteiger partial charge in [-0.25, -0.2) is 4.98 Å². The third kappa shape index (κ3) is 3.94. The summed E-state index contributed by atoms with van der Waals surface area (Å²) in [5.74, 6) is 0. The second kappa shape index (κ2) is 9.82. The van der Waals surface area contributed by atoms with Crippen molar-refractivity contribution in [2.75, 3.05) is 0 Å². The van der Waals surface area contributed by atoms with Gasteiger partial charge in [0.15, 0.2) is 5.58 Å². The highest BCUT2D eigenvalue weighted by Gasteiger charge is 2.14. The average Bonchev–Trinajstić information content (AvgIpc) is 3.64. The van der Waals surface area contributed by atoms with Crippen LogP contribution in [0.2, 0.25) is 0 Å². The Balaban J connectivity index is 1.14. The minimum atomic E-state index is 0.799. The first-order valence-electron chi connectivity index (χ1n) is 14.9. The van der Waals surface area contributed by atoms with E-state index in [4.69, 9.17) is 9.40 Å². The monoisotopic (exact) mass is 562 g/mol. The standard InChI is InChI=1S/C41H26N2O/c1-2-10-27(11-3-1)36-21-23-40-41(42-36)35-26-31(20-22-39(35)44-40)29-13-8-12-28(24-29)30-14-9-15-32(25-30)43-37-18-6-4-16-33(37)34-17-5-7-19-38(34)43/h1-26H. The van der Waals surface area contributed by atoms with Gasteiger partial charge in [0.25, 0.3) is 0 Å². The molecule has 0 radical (unpaired) electrons.